The highest BCUT2D eigenvalue weighted by Gasteiger charge is 2.50. The van der Waals surface area contributed by atoms with Crippen molar-refractivity contribution >= 4 is 69.1 Å². The number of carbonyl (C=O) groups is 3. The van der Waals surface area contributed by atoms with Crippen LogP contribution in [0.2, 0.25) is 0 Å². The summed E-state index contributed by atoms with van der Waals surface area (Å²) < 4.78 is 62.1. The summed E-state index contributed by atoms with van der Waals surface area (Å²) in [5, 5.41) is 36.3. The molecular weight excluding hydrogens is 847 g/mol. The number of imidazole rings is 1. The van der Waals surface area contributed by atoms with Crippen molar-refractivity contribution in [3.63, 3.8) is 0 Å². The van der Waals surface area contributed by atoms with Crippen molar-refractivity contribution in [2.24, 2.45) is 11.3 Å². The number of aromatic nitrogens is 4. The van der Waals surface area contributed by atoms with Crippen LogP contribution in [0.4, 0.5) is 5.82 Å². The lowest BCUT2D eigenvalue weighted by Gasteiger charge is -2.30. The van der Waals surface area contributed by atoms with Crippen LogP contribution in [0.15, 0.2) is 12.7 Å². The van der Waals surface area contributed by atoms with Gasteiger partial charge in [-0.15, -0.1) is 0 Å². The molecule has 57 heavy (non-hydrogen) atoms. The van der Waals surface area contributed by atoms with Crippen LogP contribution < -0.4 is 16.4 Å². The van der Waals surface area contributed by atoms with Gasteiger partial charge in [0.15, 0.2) is 22.8 Å². The van der Waals surface area contributed by atoms with Gasteiger partial charge >= 0.3 is 23.5 Å². The summed E-state index contributed by atoms with van der Waals surface area (Å²) >= 11 is 1.02. The molecule has 11 N–H and O–H groups in total. The van der Waals surface area contributed by atoms with Crippen molar-refractivity contribution in [3.05, 3.63) is 12.7 Å². The Labute approximate surface area is 328 Å². The molecule has 0 spiro atoms. The fraction of sp³-hybridized carbons (Fsp3) is 0.714. The number of nitrogen functional groups attached to an aromatic ring is 1. The molecule has 25 nitrogen and oxygen atoms in total. The number of rotatable bonds is 20. The first-order chi connectivity index (χ1) is 26.5. The lowest BCUT2D eigenvalue weighted by Crippen LogP contribution is -2.46. The summed E-state index contributed by atoms with van der Waals surface area (Å²) in [7, 11) is -16.4. The lowest BCUT2D eigenvalue weighted by molar-refractivity contribution is -0.137. The van der Waals surface area contributed by atoms with Crippen molar-refractivity contribution < 1.29 is 85.6 Å². The average Bonchev–Trinajstić information content (AvgIpc) is 3.68. The van der Waals surface area contributed by atoms with E-state index in [1.165, 1.54) is 13.8 Å². The largest absolute Gasteiger partial charge is 0.481 e. The number of carbonyl (C=O) groups excluding carboxylic acids is 3. The highest BCUT2D eigenvalue weighted by molar-refractivity contribution is 8.13. The molecule has 2 aromatic heterocycles. The van der Waals surface area contributed by atoms with Gasteiger partial charge in [-0.1, -0.05) is 38.5 Å². The van der Waals surface area contributed by atoms with E-state index in [4.69, 9.17) is 19.5 Å². The number of phosphoric acid groups is 3. The summed E-state index contributed by atoms with van der Waals surface area (Å²) in [4.78, 5) is 88.0. The molecular formula is C28H46N7O18P3S. The normalized spacial score (nSPS) is 25.7. The van der Waals surface area contributed by atoms with Gasteiger partial charge in [-0.2, -0.15) is 4.31 Å². The summed E-state index contributed by atoms with van der Waals surface area (Å²) in [6, 6.07) is 0. The number of nitrogens with one attached hydrogen (secondary N) is 2. The van der Waals surface area contributed by atoms with Crippen LogP contribution in [0, 0.1) is 11.3 Å². The molecule has 2 aromatic rings. The number of fused-ring (bicyclic) bond motifs is 1. The van der Waals surface area contributed by atoms with Crippen molar-refractivity contribution in [2.45, 2.75) is 82.7 Å². The Kier molecular flexibility index (Phi) is 16.3. The number of amides is 2. The third kappa shape index (κ3) is 13.5. The van der Waals surface area contributed by atoms with Crippen molar-refractivity contribution in [1.82, 2.24) is 30.2 Å². The molecule has 2 fully saturated rings. The number of hydrogen-bond acceptors (Lipinski definition) is 19. The van der Waals surface area contributed by atoms with Crippen molar-refractivity contribution in [1.29, 1.82) is 0 Å². The average molecular weight is 894 g/mol. The summed E-state index contributed by atoms with van der Waals surface area (Å²) in [6.07, 6.45) is -4.68. The van der Waals surface area contributed by atoms with Crippen LogP contribution in [0.1, 0.15) is 52.2 Å². The number of thioether (sulfide) groups is 1. The topological polar surface area (TPSA) is 384 Å². The van der Waals surface area contributed by atoms with Gasteiger partial charge in [-0.3, -0.25) is 32.5 Å². The zero-order valence-corrected chi connectivity index (χ0v) is 34.0. The molecule has 0 aromatic carbocycles. The number of nitrogens with two attached hydrogens (primary N) is 1. The van der Waals surface area contributed by atoms with Gasteiger partial charge in [-0.25, -0.2) is 28.6 Å². The Morgan fingerprint density at radius 1 is 1.04 bits per heavy atom. The molecule has 5 unspecified atom stereocenters. The number of aliphatic hydroxyl groups is 3. The second-order valence-corrected chi connectivity index (χ2v) is 19.0. The molecule has 2 amide bonds. The van der Waals surface area contributed by atoms with Gasteiger partial charge < -0.3 is 56.0 Å². The van der Waals surface area contributed by atoms with E-state index in [2.05, 4.69) is 34.4 Å². The van der Waals surface area contributed by atoms with Gasteiger partial charge in [-0.05, 0) is 12.8 Å². The van der Waals surface area contributed by atoms with Gasteiger partial charge in [0.25, 0.3) is 0 Å². The number of hydrogen-bond donors (Lipinski definition) is 10. The van der Waals surface area contributed by atoms with Crippen molar-refractivity contribution in [3.8, 4) is 0 Å². The van der Waals surface area contributed by atoms with Gasteiger partial charge in [0.1, 0.15) is 36.3 Å². The van der Waals surface area contributed by atoms with Crippen LogP contribution >= 0.6 is 35.2 Å². The third-order valence-corrected chi connectivity index (χ3v) is 12.9. The minimum atomic E-state index is -5.58. The molecule has 4 rings (SSSR count). The number of phosphoric ester groups is 3. The number of anilines is 1. The second-order valence-electron chi connectivity index (χ2n) is 13.7. The molecule has 322 valence electrons. The molecule has 9 atom stereocenters. The first-order valence-corrected chi connectivity index (χ1v) is 22.7. The Morgan fingerprint density at radius 2 is 1.72 bits per heavy atom. The number of ether oxygens (including phenoxy) is 1. The predicted molar refractivity (Wildman–Crippen MR) is 195 cm³/mol. The monoisotopic (exact) mass is 893 g/mol. The van der Waals surface area contributed by atoms with E-state index in [-0.39, 0.29) is 47.4 Å². The van der Waals surface area contributed by atoms with Crippen molar-refractivity contribution in [2.75, 3.05) is 37.8 Å². The summed E-state index contributed by atoms with van der Waals surface area (Å²) in [6.45, 7) is 0.407. The molecule has 1 saturated carbocycles. The maximum absolute atomic E-state index is 12.7. The van der Waals surface area contributed by atoms with Gasteiger partial charge in [0.2, 0.25) is 11.8 Å². The Balaban J connectivity index is 1.22. The maximum atomic E-state index is 12.7. The standard InChI is InChI=1S/C28H46N7O18P3S/c1-28(2,22(39)25(40)31-8-7-18(37)30-9-10-57-27(41)15-5-3-4-6-16(15)36)12-50-56(47,48)53-55(45,46)49-11-17-21(52-54(42,43)44)20(38)26(51-17)35-14-34-19-23(29)32-13-33-24(19)35/h13-17,20-22,26,36,38-39H,3-12H2,1-2H3,(H,30,37)(H,31,40)(H,45,46)(H,47,48)(H2,29,32,33)(H2,42,43,44)/t15?,16?,17-,20-,21-,22?,26-/m1/s1. The zero-order valence-electron chi connectivity index (χ0n) is 30.5. The van der Waals surface area contributed by atoms with Crippen LogP contribution in [0.3, 0.4) is 0 Å². The number of nitrogens with zero attached hydrogens (tertiary/aromatic N) is 4. The Bertz CT molecular complexity index is 1890. The molecule has 1 saturated heterocycles. The SMILES string of the molecule is CC(C)(COP(=O)(O)OP(=O)(O)OC[C@H]1O[C@@H](n2cnc3c(N)ncnc32)[C@H](O)[C@@H]1OP(=O)(O)O)C(O)C(=O)NCCC(=O)NCCSC(=O)C1CCCCC1O. The van der Waals surface area contributed by atoms with Crippen LogP contribution in [-0.2, 0) is 50.7 Å². The van der Waals surface area contributed by atoms with Crippen LogP contribution in [0.25, 0.3) is 11.2 Å². The molecule has 29 heteroatoms. The Hall–Kier alpha value is -2.48. The molecule has 3 heterocycles. The third-order valence-electron chi connectivity index (χ3n) is 8.78. The highest BCUT2D eigenvalue weighted by atomic mass is 32.2. The summed E-state index contributed by atoms with van der Waals surface area (Å²) in [5.74, 6) is -1.62. The molecule has 2 aliphatic rings. The van der Waals surface area contributed by atoms with Gasteiger partial charge in [0, 0.05) is 30.7 Å². The molecule has 1 aliphatic heterocycles. The van der Waals surface area contributed by atoms with E-state index in [1.54, 1.807) is 0 Å². The molecule has 0 radical (unpaired) electrons. The molecule has 1 aliphatic carbocycles. The maximum Gasteiger partial charge on any atom is 0.481 e. The smallest absolute Gasteiger partial charge is 0.392 e. The zero-order chi connectivity index (χ0) is 42.3. The van der Waals surface area contributed by atoms with Crippen LogP contribution in [-0.4, -0.2) is 134 Å². The van der Waals surface area contributed by atoms with E-state index in [9.17, 15) is 63.0 Å². The number of aliphatic hydroxyl groups excluding tert-OH is 3. The Morgan fingerprint density at radius 3 is 2.40 bits per heavy atom. The lowest BCUT2D eigenvalue weighted by atomic mass is 9.87. The van der Waals surface area contributed by atoms with Crippen LogP contribution in [0.5, 0.6) is 0 Å². The van der Waals surface area contributed by atoms with E-state index >= 15 is 0 Å². The predicted octanol–water partition coefficient (Wildman–Crippen LogP) is -0.784. The quantitative estimate of drug-likeness (QED) is 0.0575. The fourth-order valence-corrected chi connectivity index (χ4v) is 9.50. The second kappa shape index (κ2) is 19.7. The minimum Gasteiger partial charge on any atom is -0.392 e. The fourth-order valence-electron chi connectivity index (χ4n) is 5.78. The molecule has 0 bridgehead atoms. The van der Waals surface area contributed by atoms with E-state index in [1.807, 2.05) is 0 Å². The highest BCUT2D eigenvalue weighted by Crippen LogP contribution is 2.61. The van der Waals surface area contributed by atoms with E-state index in [0.29, 0.717) is 12.8 Å². The first kappa shape index (κ1) is 47.2. The minimum absolute atomic E-state index is 0.0275. The summed E-state index contributed by atoms with van der Waals surface area (Å²) in [5.41, 5.74) is 4.24. The van der Waals surface area contributed by atoms with Gasteiger partial charge in [0.05, 0.1) is 31.6 Å². The van der Waals surface area contributed by atoms with E-state index < -0.39 is 96.6 Å². The first-order valence-electron chi connectivity index (χ1n) is 17.2. The van der Waals surface area contributed by atoms with E-state index in [0.717, 1.165) is 41.8 Å².